The molecule has 1 saturated carbocycles. The number of pyridine rings is 1. The fraction of sp³-hybridized carbons (Fsp3) is 0.417. The molecule has 8 rings (SSSR count). The predicted molar refractivity (Wildman–Crippen MR) is 179 cm³/mol. The highest BCUT2D eigenvalue weighted by Crippen LogP contribution is 2.52. The summed E-state index contributed by atoms with van der Waals surface area (Å²) in [6.45, 7) is 7.25. The molecule has 11 nitrogen and oxygen atoms in total. The lowest BCUT2D eigenvalue weighted by Crippen LogP contribution is -2.65. The molecule has 1 spiro atoms. The zero-order chi connectivity index (χ0) is 33.5. The molecule has 2 aromatic carbocycles. The Hall–Kier alpha value is -4.39. The van der Waals surface area contributed by atoms with E-state index < -0.39 is 5.82 Å². The molecule has 254 valence electrons. The summed E-state index contributed by atoms with van der Waals surface area (Å²) in [5.41, 5.74) is 3.78. The number of rotatable bonds is 8. The van der Waals surface area contributed by atoms with E-state index in [4.69, 9.17) is 25.8 Å². The molecular weight excluding hydrogens is 649 g/mol. The number of aromatic nitrogens is 4. The van der Waals surface area contributed by atoms with Crippen molar-refractivity contribution < 1.29 is 23.4 Å². The number of nitrogens with zero attached hydrogens (tertiary/aromatic N) is 7. The van der Waals surface area contributed by atoms with Gasteiger partial charge in [-0.3, -0.25) is 14.7 Å². The van der Waals surface area contributed by atoms with Crippen LogP contribution in [0.3, 0.4) is 0 Å². The summed E-state index contributed by atoms with van der Waals surface area (Å²) in [5, 5.41) is 8.07. The second-order valence-electron chi connectivity index (χ2n) is 13.6. The van der Waals surface area contributed by atoms with Gasteiger partial charge in [-0.2, -0.15) is 4.98 Å². The van der Waals surface area contributed by atoms with Crippen LogP contribution in [0.4, 0.5) is 10.2 Å². The van der Waals surface area contributed by atoms with Crippen molar-refractivity contribution >= 4 is 23.3 Å². The minimum atomic E-state index is -0.541. The molecule has 1 unspecified atom stereocenters. The third-order valence-electron chi connectivity index (χ3n) is 9.98. The van der Waals surface area contributed by atoms with Crippen LogP contribution in [0.15, 0.2) is 60.8 Å². The van der Waals surface area contributed by atoms with Crippen LogP contribution in [0.2, 0.25) is 5.28 Å². The molecule has 0 bridgehead atoms. The highest BCUT2D eigenvalue weighted by molar-refractivity contribution is 6.28. The largest absolute Gasteiger partial charge is 0.490 e. The van der Waals surface area contributed by atoms with Crippen LogP contribution in [0.5, 0.6) is 17.4 Å². The quantitative estimate of drug-likeness (QED) is 0.242. The summed E-state index contributed by atoms with van der Waals surface area (Å²) in [7, 11) is 0. The molecule has 0 N–H and O–H groups in total. The maximum Gasteiger partial charge on any atom is 0.282 e. The van der Waals surface area contributed by atoms with Crippen LogP contribution in [-0.4, -0.2) is 87.4 Å². The number of amides is 1. The van der Waals surface area contributed by atoms with Gasteiger partial charge in [-0.05, 0) is 61.2 Å². The van der Waals surface area contributed by atoms with Gasteiger partial charge in [0.25, 0.3) is 11.8 Å². The Morgan fingerprint density at radius 1 is 1.08 bits per heavy atom. The third-order valence-corrected chi connectivity index (χ3v) is 10.1. The van der Waals surface area contributed by atoms with Crippen molar-refractivity contribution in [1.82, 2.24) is 30.0 Å². The van der Waals surface area contributed by atoms with Gasteiger partial charge in [-0.25, -0.2) is 4.39 Å². The second kappa shape index (κ2) is 13.1. The van der Waals surface area contributed by atoms with E-state index in [1.165, 1.54) is 29.3 Å². The standard InChI is InChI=1S/C36H37ClFN7O4/c1-23-20-47-14-13-45(23)34(46)27-15-25(38)7-8-30(27)49-33-32(40-35(37)42-41-33)44-21-36(22-44)16-26(17-36)48-31-9-11-39-29-10-12-43(19-28(29)31)18-24-5-3-2-4-6-24/h2-9,11,15,23,26H,10,12-14,16-22H2,1H3. The molecule has 5 heterocycles. The van der Waals surface area contributed by atoms with Crippen LogP contribution in [0.25, 0.3) is 0 Å². The number of halogens is 2. The molecule has 0 radical (unpaired) electrons. The topological polar surface area (TPSA) is 106 Å². The van der Waals surface area contributed by atoms with E-state index in [0.29, 0.717) is 25.6 Å². The number of ether oxygens (including phenoxy) is 3. The van der Waals surface area contributed by atoms with Gasteiger partial charge in [-0.1, -0.05) is 30.3 Å². The predicted octanol–water partition coefficient (Wildman–Crippen LogP) is 5.32. The van der Waals surface area contributed by atoms with E-state index in [9.17, 15) is 9.18 Å². The Morgan fingerprint density at radius 3 is 2.73 bits per heavy atom. The average Bonchev–Trinajstić information content (AvgIpc) is 3.07. The SMILES string of the molecule is CC1COCCN1C(=O)c1cc(F)ccc1Oc1nnc(Cl)nc1N1CC2(CC(Oc3ccnc4c3CN(Cc3ccccc3)CC4)C2)C1. The van der Waals surface area contributed by atoms with Gasteiger partial charge in [-0.15, -0.1) is 10.2 Å². The normalized spacial score (nSPS) is 20.3. The van der Waals surface area contributed by atoms with Gasteiger partial charge < -0.3 is 24.0 Å². The number of benzene rings is 2. The zero-order valence-electron chi connectivity index (χ0n) is 27.2. The van der Waals surface area contributed by atoms with Gasteiger partial charge in [0.1, 0.15) is 23.4 Å². The van der Waals surface area contributed by atoms with E-state index in [0.717, 1.165) is 63.4 Å². The first kappa shape index (κ1) is 31.9. The molecule has 3 fully saturated rings. The number of anilines is 1. The molecular formula is C36H37ClFN7O4. The Morgan fingerprint density at radius 2 is 1.92 bits per heavy atom. The van der Waals surface area contributed by atoms with E-state index in [2.05, 4.69) is 54.2 Å². The van der Waals surface area contributed by atoms with Gasteiger partial charge >= 0.3 is 0 Å². The summed E-state index contributed by atoms with van der Waals surface area (Å²) < 4.78 is 32.6. The Labute approximate surface area is 289 Å². The van der Waals surface area contributed by atoms with Crippen LogP contribution in [0.1, 0.15) is 46.9 Å². The van der Waals surface area contributed by atoms with Crippen molar-refractivity contribution in [2.75, 3.05) is 44.3 Å². The highest BCUT2D eigenvalue weighted by Gasteiger charge is 2.54. The van der Waals surface area contributed by atoms with Crippen molar-refractivity contribution in [3.63, 3.8) is 0 Å². The fourth-order valence-electron chi connectivity index (χ4n) is 7.50. The second-order valence-corrected chi connectivity index (χ2v) is 13.9. The number of morpholine rings is 1. The lowest BCUT2D eigenvalue weighted by Gasteiger charge is -2.58. The number of hydrogen-bond donors (Lipinski definition) is 0. The molecule has 3 aliphatic heterocycles. The van der Waals surface area contributed by atoms with Gasteiger partial charge in [0.2, 0.25) is 5.28 Å². The Bertz CT molecular complexity index is 1850. The minimum absolute atomic E-state index is 0.0144. The number of hydrogen-bond acceptors (Lipinski definition) is 10. The van der Waals surface area contributed by atoms with Crippen LogP contribution < -0.4 is 14.4 Å². The van der Waals surface area contributed by atoms with Crippen molar-refractivity contribution in [3.05, 3.63) is 94.3 Å². The summed E-state index contributed by atoms with van der Waals surface area (Å²) in [6, 6.07) is 16.2. The van der Waals surface area contributed by atoms with Gasteiger partial charge in [0, 0.05) is 68.6 Å². The highest BCUT2D eigenvalue weighted by atomic mass is 35.5. The minimum Gasteiger partial charge on any atom is -0.490 e. The lowest BCUT2D eigenvalue weighted by atomic mass is 9.61. The summed E-state index contributed by atoms with van der Waals surface area (Å²) >= 11 is 6.19. The molecule has 13 heteroatoms. The van der Waals surface area contributed by atoms with Crippen molar-refractivity contribution in [2.24, 2.45) is 5.41 Å². The van der Waals surface area contributed by atoms with Crippen LogP contribution in [0, 0.1) is 11.2 Å². The first-order valence-corrected chi connectivity index (χ1v) is 17.1. The maximum atomic E-state index is 14.4. The molecule has 49 heavy (non-hydrogen) atoms. The molecule has 2 aromatic heterocycles. The number of carbonyl (C=O) groups is 1. The van der Waals surface area contributed by atoms with Gasteiger partial charge in [0.15, 0.2) is 5.82 Å². The maximum absolute atomic E-state index is 14.4. The number of carbonyl (C=O) groups excluding carboxylic acids is 1. The Kier molecular flexibility index (Phi) is 8.55. The fourth-order valence-corrected chi connectivity index (χ4v) is 7.62. The Balaban J connectivity index is 0.924. The van der Waals surface area contributed by atoms with E-state index in [1.807, 2.05) is 25.3 Å². The summed E-state index contributed by atoms with van der Waals surface area (Å²) in [6.07, 6.45) is 4.69. The van der Waals surface area contributed by atoms with Crippen LogP contribution in [-0.2, 0) is 24.2 Å². The van der Waals surface area contributed by atoms with Crippen molar-refractivity contribution in [1.29, 1.82) is 0 Å². The molecule has 4 aromatic rings. The van der Waals surface area contributed by atoms with Crippen molar-refractivity contribution in [3.8, 4) is 17.4 Å². The first-order valence-electron chi connectivity index (χ1n) is 16.7. The average molecular weight is 686 g/mol. The molecule has 1 amide bonds. The zero-order valence-corrected chi connectivity index (χ0v) is 28.0. The monoisotopic (exact) mass is 685 g/mol. The first-order chi connectivity index (χ1) is 23.8. The lowest BCUT2D eigenvalue weighted by molar-refractivity contribution is -0.0353. The number of fused-ring (bicyclic) bond motifs is 1. The summed E-state index contributed by atoms with van der Waals surface area (Å²) in [5.74, 6) is 0.743. The summed E-state index contributed by atoms with van der Waals surface area (Å²) in [4.78, 5) is 28.8. The van der Waals surface area contributed by atoms with Crippen molar-refractivity contribution in [2.45, 2.75) is 51.4 Å². The molecule has 4 aliphatic rings. The molecule has 1 aliphatic carbocycles. The van der Waals surface area contributed by atoms with Gasteiger partial charge in [0.05, 0.1) is 24.8 Å². The van der Waals surface area contributed by atoms with Crippen LogP contribution >= 0.6 is 11.6 Å². The van der Waals surface area contributed by atoms with E-state index in [1.54, 1.807) is 4.90 Å². The smallest absolute Gasteiger partial charge is 0.282 e. The molecule has 2 saturated heterocycles. The third kappa shape index (κ3) is 6.52. The van der Waals surface area contributed by atoms with E-state index in [-0.39, 0.29) is 45.9 Å². The van der Waals surface area contributed by atoms with E-state index >= 15 is 0 Å². The molecule has 1 atom stereocenters.